The first kappa shape index (κ1) is 24.9. The van der Waals surface area contributed by atoms with Gasteiger partial charge in [-0.05, 0) is 42.7 Å². The first-order valence-corrected chi connectivity index (χ1v) is 12.6. The highest BCUT2D eigenvalue weighted by molar-refractivity contribution is 7.14. The van der Waals surface area contributed by atoms with Crippen molar-refractivity contribution >= 4 is 28.6 Å². The summed E-state index contributed by atoms with van der Waals surface area (Å²) in [5.74, 6) is 0.883. The quantitative estimate of drug-likeness (QED) is 0.201. The molecule has 36 heavy (non-hydrogen) atoms. The largest absolute Gasteiger partial charge is 0.490 e. The molecule has 0 saturated heterocycles. The average molecular weight is 501 g/mol. The van der Waals surface area contributed by atoms with Crippen molar-refractivity contribution in [3.8, 4) is 22.8 Å². The highest BCUT2D eigenvalue weighted by Gasteiger charge is 2.09. The fraction of sp³-hybridized carbons (Fsp3) is 0.179. The first-order valence-electron chi connectivity index (χ1n) is 11.7. The number of carbonyl (C=O) groups excluding carboxylic acids is 1. The highest BCUT2D eigenvalue weighted by atomic mass is 32.1. The van der Waals surface area contributed by atoms with Crippen LogP contribution in [0.4, 0.5) is 5.13 Å². The molecule has 0 saturated carbocycles. The van der Waals surface area contributed by atoms with Crippen LogP contribution in [0.2, 0.25) is 0 Å². The number of amides is 1. The Balaban J connectivity index is 1.29. The van der Waals surface area contributed by atoms with Gasteiger partial charge in [0, 0.05) is 17.5 Å². The van der Waals surface area contributed by atoms with E-state index in [1.165, 1.54) is 16.9 Å². The third-order valence-electron chi connectivity index (χ3n) is 5.15. The van der Waals surface area contributed by atoms with Gasteiger partial charge in [0.2, 0.25) is 5.13 Å². The maximum Gasteiger partial charge on any atom is 0.257 e. The lowest BCUT2D eigenvalue weighted by molar-refractivity contribution is -0.123. The van der Waals surface area contributed by atoms with Gasteiger partial charge in [0.25, 0.3) is 5.91 Å². The van der Waals surface area contributed by atoms with E-state index in [0.717, 1.165) is 23.2 Å². The standard InChI is InChI=1S/C28H28N4O3S/c1-2-34-26-17-22(18-30-32-28-31-24(20-36-28)23-11-7-4-8-12-23)13-14-25(26)35-19-27(33)29-16-15-21-9-5-3-6-10-21/h3-14,17-18,20H,2,15-16,19H2,1H3,(H,29,33)(H,31,32). The summed E-state index contributed by atoms with van der Waals surface area (Å²) in [6, 6.07) is 25.5. The Hall–Kier alpha value is -4.17. The maximum atomic E-state index is 12.2. The van der Waals surface area contributed by atoms with Crippen LogP contribution in [0.1, 0.15) is 18.1 Å². The van der Waals surface area contributed by atoms with Crippen LogP contribution in [0.5, 0.6) is 11.5 Å². The van der Waals surface area contributed by atoms with Gasteiger partial charge in [-0.1, -0.05) is 60.7 Å². The van der Waals surface area contributed by atoms with Crippen molar-refractivity contribution in [2.75, 3.05) is 25.2 Å². The number of nitrogens with zero attached hydrogens (tertiary/aromatic N) is 2. The zero-order valence-corrected chi connectivity index (χ0v) is 20.8. The van der Waals surface area contributed by atoms with Crippen molar-refractivity contribution in [1.29, 1.82) is 0 Å². The smallest absolute Gasteiger partial charge is 0.257 e. The Kier molecular flexibility index (Phi) is 9.05. The Morgan fingerprint density at radius 3 is 2.56 bits per heavy atom. The van der Waals surface area contributed by atoms with Crippen LogP contribution in [-0.2, 0) is 11.2 Å². The van der Waals surface area contributed by atoms with E-state index < -0.39 is 0 Å². The molecule has 0 bridgehead atoms. The number of hydrogen-bond donors (Lipinski definition) is 2. The van der Waals surface area contributed by atoms with Gasteiger partial charge in [-0.25, -0.2) is 4.98 Å². The van der Waals surface area contributed by atoms with Gasteiger partial charge in [-0.15, -0.1) is 11.3 Å². The number of carbonyl (C=O) groups is 1. The Labute approximate surface area is 214 Å². The molecule has 1 aromatic heterocycles. The van der Waals surface area contributed by atoms with Gasteiger partial charge in [-0.2, -0.15) is 5.10 Å². The number of anilines is 1. The second kappa shape index (κ2) is 13.1. The van der Waals surface area contributed by atoms with Crippen LogP contribution >= 0.6 is 11.3 Å². The number of ether oxygens (including phenoxy) is 2. The van der Waals surface area contributed by atoms with E-state index in [9.17, 15) is 4.79 Å². The first-order chi connectivity index (χ1) is 17.7. The topological polar surface area (TPSA) is 84.8 Å². The van der Waals surface area contributed by atoms with E-state index in [2.05, 4.69) is 20.8 Å². The van der Waals surface area contributed by atoms with Crippen LogP contribution in [0.25, 0.3) is 11.3 Å². The molecule has 0 atom stereocenters. The summed E-state index contributed by atoms with van der Waals surface area (Å²) in [6.07, 6.45) is 2.46. The molecule has 0 aliphatic carbocycles. The van der Waals surface area contributed by atoms with E-state index in [1.54, 1.807) is 12.3 Å². The van der Waals surface area contributed by atoms with Crippen LogP contribution < -0.4 is 20.2 Å². The van der Waals surface area contributed by atoms with E-state index in [1.807, 2.05) is 85.1 Å². The lowest BCUT2D eigenvalue weighted by atomic mass is 10.1. The number of thiazole rings is 1. The van der Waals surface area contributed by atoms with Crippen molar-refractivity contribution in [3.63, 3.8) is 0 Å². The molecule has 0 fully saturated rings. The molecule has 1 heterocycles. The Bertz CT molecular complexity index is 1280. The lowest BCUT2D eigenvalue weighted by Crippen LogP contribution is -2.30. The summed E-state index contributed by atoms with van der Waals surface area (Å²) in [5, 5.41) is 9.87. The highest BCUT2D eigenvalue weighted by Crippen LogP contribution is 2.28. The summed E-state index contributed by atoms with van der Waals surface area (Å²) in [4.78, 5) is 16.8. The summed E-state index contributed by atoms with van der Waals surface area (Å²) >= 11 is 1.49. The SMILES string of the molecule is CCOc1cc(C=NNc2nc(-c3ccccc3)cs2)ccc1OCC(=O)NCCc1ccccc1. The molecule has 1 amide bonds. The summed E-state index contributed by atoms with van der Waals surface area (Å²) < 4.78 is 11.4. The molecule has 0 unspecified atom stereocenters. The summed E-state index contributed by atoms with van der Waals surface area (Å²) in [5.41, 5.74) is 6.94. The molecule has 8 heteroatoms. The van der Waals surface area contributed by atoms with Crippen molar-refractivity contribution in [3.05, 3.63) is 95.4 Å². The zero-order valence-electron chi connectivity index (χ0n) is 20.0. The number of hydrogen-bond acceptors (Lipinski definition) is 7. The third kappa shape index (κ3) is 7.41. The molecule has 184 valence electrons. The van der Waals surface area contributed by atoms with Crippen LogP contribution in [-0.4, -0.2) is 36.9 Å². The molecule has 4 rings (SSSR count). The molecule has 7 nitrogen and oxygen atoms in total. The van der Waals surface area contributed by atoms with Crippen molar-refractivity contribution in [2.24, 2.45) is 5.10 Å². The number of benzene rings is 3. The minimum Gasteiger partial charge on any atom is -0.490 e. The molecule has 3 aromatic carbocycles. The van der Waals surface area contributed by atoms with Gasteiger partial charge < -0.3 is 14.8 Å². The van der Waals surface area contributed by atoms with Crippen molar-refractivity contribution in [1.82, 2.24) is 10.3 Å². The van der Waals surface area contributed by atoms with Gasteiger partial charge in [0.05, 0.1) is 18.5 Å². The molecule has 2 N–H and O–H groups in total. The van der Waals surface area contributed by atoms with E-state index in [0.29, 0.717) is 29.8 Å². The van der Waals surface area contributed by atoms with Crippen LogP contribution in [0, 0.1) is 0 Å². The summed E-state index contributed by atoms with van der Waals surface area (Å²) in [7, 11) is 0. The zero-order chi connectivity index (χ0) is 25.0. The van der Waals surface area contributed by atoms with Crippen LogP contribution in [0.15, 0.2) is 89.3 Å². The number of nitrogens with one attached hydrogen (secondary N) is 2. The average Bonchev–Trinajstić information content (AvgIpc) is 3.38. The van der Waals surface area contributed by atoms with Gasteiger partial charge in [0.1, 0.15) is 0 Å². The third-order valence-corrected chi connectivity index (χ3v) is 5.90. The predicted molar refractivity (Wildman–Crippen MR) is 145 cm³/mol. The van der Waals surface area contributed by atoms with E-state index >= 15 is 0 Å². The minimum absolute atomic E-state index is 0.0857. The van der Waals surface area contributed by atoms with E-state index in [4.69, 9.17) is 9.47 Å². The fourth-order valence-electron chi connectivity index (χ4n) is 3.41. The Morgan fingerprint density at radius 2 is 1.78 bits per heavy atom. The van der Waals surface area contributed by atoms with Gasteiger partial charge >= 0.3 is 0 Å². The lowest BCUT2D eigenvalue weighted by Gasteiger charge is -2.12. The van der Waals surface area contributed by atoms with Crippen molar-refractivity contribution in [2.45, 2.75) is 13.3 Å². The molecule has 0 radical (unpaired) electrons. The molecule has 0 aliphatic heterocycles. The Morgan fingerprint density at radius 1 is 1.00 bits per heavy atom. The number of rotatable bonds is 12. The normalized spacial score (nSPS) is 10.8. The molecule has 4 aromatic rings. The molecule has 0 aliphatic rings. The minimum atomic E-state index is -0.179. The number of aromatic nitrogens is 1. The predicted octanol–water partition coefficient (Wildman–Crippen LogP) is 5.39. The number of hydrazone groups is 1. The summed E-state index contributed by atoms with van der Waals surface area (Å²) in [6.45, 7) is 2.84. The van der Waals surface area contributed by atoms with Crippen molar-refractivity contribution < 1.29 is 14.3 Å². The van der Waals surface area contributed by atoms with Gasteiger partial charge in [0.15, 0.2) is 18.1 Å². The van der Waals surface area contributed by atoms with E-state index in [-0.39, 0.29) is 12.5 Å². The maximum absolute atomic E-state index is 12.2. The molecular weight excluding hydrogens is 472 g/mol. The van der Waals surface area contributed by atoms with Crippen LogP contribution in [0.3, 0.4) is 0 Å². The molecule has 0 spiro atoms. The second-order valence-electron chi connectivity index (χ2n) is 7.79. The molecular formula is C28H28N4O3S. The van der Waals surface area contributed by atoms with Gasteiger partial charge in [-0.3, -0.25) is 10.2 Å². The second-order valence-corrected chi connectivity index (χ2v) is 8.65. The fourth-order valence-corrected chi connectivity index (χ4v) is 4.07. The monoisotopic (exact) mass is 500 g/mol.